The Morgan fingerprint density at radius 1 is 1.36 bits per heavy atom. The zero-order chi connectivity index (χ0) is 10.4. The molecule has 0 heterocycles. The van der Waals surface area contributed by atoms with Crippen LogP contribution in [-0.2, 0) is 0 Å². The summed E-state index contributed by atoms with van der Waals surface area (Å²) < 4.78 is 0. The van der Waals surface area contributed by atoms with Gasteiger partial charge in [0.2, 0.25) is 0 Å². The van der Waals surface area contributed by atoms with Crippen LogP contribution in [0.1, 0.15) is 39.5 Å². The molecule has 0 amide bonds. The molecule has 1 aliphatic rings. The summed E-state index contributed by atoms with van der Waals surface area (Å²) in [7, 11) is 0. The average molecular weight is 198 g/mol. The van der Waals surface area contributed by atoms with Crippen molar-refractivity contribution in [2.75, 3.05) is 19.6 Å². The van der Waals surface area contributed by atoms with E-state index in [1.165, 1.54) is 32.2 Å². The second kappa shape index (κ2) is 6.41. The normalized spacial score (nSPS) is 18.9. The van der Waals surface area contributed by atoms with Crippen LogP contribution in [0.25, 0.3) is 0 Å². The molecular weight excluding hydrogens is 172 g/mol. The second-order valence-corrected chi connectivity index (χ2v) is 5.03. The van der Waals surface area contributed by atoms with Crippen LogP contribution in [0.15, 0.2) is 0 Å². The molecule has 1 saturated carbocycles. The van der Waals surface area contributed by atoms with Crippen LogP contribution in [0, 0.1) is 17.8 Å². The van der Waals surface area contributed by atoms with Crippen LogP contribution in [0.3, 0.4) is 0 Å². The number of nitrogens with one attached hydrogen (secondary N) is 1. The van der Waals surface area contributed by atoms with E-state index in [0.717, 1.165) is 19.0 Å². The van der Waals surface area contributed by atoms with Crippen molar-refractivity contribution < 1.29 is 0 Å². The molecular formula is C12H26N2. The van der Waals surface area contributed by atoms with Gasteiger partial charge in [-0.3, -0.25) is 0 Å². The van der Waals surface area contributed by atoms with Crippen molar-refractivity contribution in [3.8, 4) is 0 Å². The molecule has 2 nitrogen and oxygen atoms in total. The molecule has 2 heteroatoms. The van der Waals surface area contributed by atoms with Gasteiger partial charge in [0.25, 0.3) is 0 Å². The third-order valence-corrected chi connectivity index (χ3v) is 3.31. The molecule has 0 aliphatic heterocycles. The molecule has 0 aromatic heterocycles. The summed E-state index contributed by atoms with van der Waals surface area (Å²) in [6.07, 6.45) is 5.75. The van der Waals surface area contributed by atoms with E-state index >= 15 is 0 Å². The molecule has 0 aromatic carbocycles. The standard InChI is InChI=1S/C12H26N2/c1-10(2)12(8-13)9-14-7-3-4-11-5-6-11/h10-12,14H,3-9,13H2,1-2H3. The van der Waals surface area contributed by atoms with Crippen molar-refractivity contribution in [3.05, 3.63) is 0 Å². The summed E-state index contributed by atoms with van der Waals surface area (Å²) in [6.45, 7) is 7.60. The highest BCUT2D eigenvalue weighted by Crippen LogP contribution is 2.33. The van der Waals surface area contributed by atoms with E-state index in [-0.39, 0.29) is 0 Å². The lowest BCUT2D eigenvalue weighted by Crippen LogP contribution is -2.32. The fraction of sp³-hybridized carbons (Fsp3) is 1.00. The van der Waals surface area contributed by atoms with Crippen molar-refractivity contribution in [1.82, 2.24) is 5.32 Å². The molecule has 1 aliphatic carbocycles. The molecule has 0 spiro atoms. The average Bonchev–Trinajstić information content (AvgIpc) is 2.94. The van der Waals surface area contributed by atoms with Gasteiger partial charge in [-0.05, 0) is 50.2 Å². The summed E-state index contributed by atoms with van der Waals surface area (Å²) in [5.41, 5.74) is 5.71. The predicted octanol–water partition coefficient (Wildman–Crippen LogP) is 2.00. The van der Waals surface area contributed by atoms with Gasteiger partial charge in [-0.2, -0.15) is 0 Å². The van der Waals surface area contributed by atoms with Gasteiger partial charge in [-0.1, -0.05) is 26.7 Å². The largest absolute Gasteiger partial charge is 0.330 e. The Balaban J connectivity index is 1.89. The van der Waals surface area contributed by atoms with Crippen LogP contribution in [-0.4, -0.2) is 19.6 Å². The number of hydrogen-bond acceptors (Lipinski definition) is 2. The third kappa shape index (κ3) is 4.97. The van der Waals surface area contributed by atoms with Crippen LogP contribution in [0.4, 0.5) is 0 Å². The lowest BCUT2D eigenvalue weighted by atomic mass is 9.96. The molecule has 0 radical (unpaired) electrons. The molecule has 14 heavy (non-hydrogen) atoms. The summed E-state index contributed by atoms with van der Waals surface area (Å²) in [5.74, 6) is 2.43. The molecule has 1 atom stereocenters. The van der Waals surface area contributed by atoms with Gasteiger partial charge < -0.3 is 11.1 Å². The van der Waals surface area contributed by atoms with Crippen LogP contribution >= 0.6 is 0 Å². The molecule has 1 fully saturated rings. The van der Waals surface area contributed by atoms with E-state index in [0.29, 0.717) is 11.8 Å². The zero-order valence-electron chi connectivity index (χ0n) is 9.76. The SMILES string of the molecule is CC(C)C(CN)CNCCCC1CC1. The van der Waals surface area contributed by atoms with Gasteiger partial charge in [-0.25, -0.2) is 0 Å². The zero-order valence-corrected chi connectivity index (χ0v) is 9.76. The van der Waals surface area contributed by atoms with Gasteiger partial charge in [0.15, 0.2) is 0 Å². The van der Waals surface area contributed by atoms with E-state index in [9.17, 15) is 0 Å². The fourth-order valence-electron chi connectivity index (χ4n) is 1.80. The van der Waals surface area contributed by atoms with Crippen LogP contribution < -0.4 is 11.1 Å². The summed E-state index contributed by atoms with van der Waals surface area (Å²) in [5, 5.41) is 3.52. The quantitative estimate of drug-likeness (QED) is 0.585. The van der Waals surface area contributed by atoms with Crippen molar-refractivity contribution in [2.45, 2.75) is 39.5 Å². The van der Waals surface area contributed by atoms with Crippen molar-refractivity contribution in [2.24, 2.45) is 23.5 Å². The Kier molecular flexibility index (Phi) is 5.49. The Morgan fingerprint density at radius 3 is 2.57 bits per heavy atom. The second-order valence-electron chi connectivity index (χ2n) is 5.03. The minimum Gasteiger partial charge on any atom is -0.330 e. The summed E-state index contributed by atoms with van der Waals surface area (Å²) >= 11 is 0. The smallest absolute Gasteiger partial charge is 0.000600 e. The summed E-state index contributed by atoms with van der Waals surface area (Å²) in [6, 6.07) is 0. The highest BCUT2D eigenvalue weighted by atomic mass is 14.9. The maximum atomic E-state index is 5.71. The minimum absolute atomic E-state index is 0.649. The Hall–Kier alpha value is -0.0800. The highest BCUT2D eigenvalue weighted by molar-refractivity contribution is 4.73. The molecule has 0 aromatic rings. The predicted molar refractivity (Wildman–Crippen MR) is 62.2 cm³/mol. The number of hydrogen-bond donors (Lipinski definition) is 2. The molecule has 3 N–H and O–H groups in total. The van der Waals surface area contributed by atoms with E-state index in [2.05, 4.69) is 19.2 Å². The van der Waals surface area contributed by atoms with Crippen LogP contribution in [0.5, 0.6) is 0 Å². The third-order valence-electron chi connectivity index (χ3n) is 3.31. The maximum absolute atomic E-state index is 5.71. The maximum Gasteiger partial charge on any atom is -0.000600 e. The van der Waals surface area contributed by atoms with E-state index in [1.54, 1.807) is 0 Å². The Bertz CT molecular complexity index is 141. The molecule has 1 rings (SSSR count). The first kappa shape index (κ1) is 12.0. The van der Waals surface area contributed by atoms with Gasteiger partial charge in [-0.15, -0.1) is 0 Å². The van der Waals surface area contributed by atoms with E-state index in [4.69, 9.17) is 5.73 Å². The Labute approximate surface area is 88.6 Å². The molecule has 0 saturated heterocycles. The monoisotopic (exact) mass is 198 g/mol. The van der Waals surface area contributed by atoms with E-state index < -0.39 is 0 Å². The topological polar surface area (TPSA) is 38.0 Å². The first-order valence-corrected chi connectivity index (χ1v) is 6.14. The summed E-state index contributed by atoms with van der Waals surface area (Å²) in [4.78, 5) is 0. The first-order chi connectivity index (χ1) is 6.74. The number of rotatable bonds is 8. The first-order valence-electron chi connectivity index (χ1n) is 6.14. The van der Waals surface area contributed by atoms with Gasteiger partial charge in [0.1, 0.15) is 0 Å². The molecule has 84 valence electrons. The minimum atomic E-state index is 0.649. The molecule has 1 unspecified atom stereocenters. The van der Waals surface area contributed by atoms with Gasteiger partial charge >= 0.3 is 0 Å². The highest BCUT2D eigenvalue weighted by Gasteiger charge is 2.20. The van der Waals surface area contributed by atoms with Crippen molar-refractivity contribution in [1.29, 1.82) is 0 Å². The fourth-order valence-corrected chi connectivity index (χ4v) is 1.80. The van der Waals surface area contributed by atoms with Crippen molar-refractivity contribution in [3.63, 3.8) is 0 Å². The van der Waals surface area contributed by atoms with Gasteiger partial charge in [0, 0.05) is 0 Å². The Morgan fingerprint density at radius 2 is 2.07 bits per heavy atom. The van der Waals surface area contributed by atoms with Crippen LogP contribution in [0.2, 0.25) is 0 Å². The lowest BCUT2D eigenvalue weighted by molar-refractivity contribution is 0.369. The lowest BCUT2D eigenvalue weighted by Gasteiger charge is -2.19. The molecule has 0 bridgehead atoms. The van der Waals surface area contributed by atoms with E-state index in [1.807, 2.05) is 0 Å². The number of nitrogens with two attached hydrogens (primary N) is 1. The van der Waals surface area contributed by atoms with Gasteiger partial charge in [0.05, 0.1) is 0 Å². The van der Waals surface area contributed by atoms with Crippen molar-refractivity contribution >= 4 is 0 Å².